The van der Waals surface area contributed by atoms with Crippen LogP contribution in [0.4, 0.5) is 0 Å². The summed E-state index contributed by atoms with van der Waals surface area (Å²) in [6.45, 7) is 8.92. The Labute approximate surface area is 125 Å². The van der Waals surface area contributed by atoms with Gasteiger partial charge >= 0.3 is 0 Å². The topological polar surface area (TPSA) is 0 Å². The second kappa shape index (κ2) is 9.58. The second-order valence-corrected chi connectivity index (χ2v) is 5.64. The summed E-state index contributed by atoms with van der Waals surface area (Å²) in [6.07, 6.45) is 12.2. The van der Waals surface area contributed by atoms with E-state index in [0.717, 1.165) is 0 Å². The van der Waals surface area contributed by atoms with Crippen LogP contribution in [0.3, 0.4) is 0 Å². The van der Waals surface area contributed by atoms with Crippen molar-refractivity contribution in [2.45, 2.75) is 66.2 Å². The van der Waals surface area contributed by atoms with Crippen LogP contribution >= 0.6 is 0 Å². The van der Waals surface area contributed by atoms with Crippen molar-refractivity contribution in [2.75, 3.05) is 0 Å². The van der Waals surface area contributed by atoms with Crippen LogP contribution in [-0.4, -0.2) is 0 Å². The summed E-state index contributed by atoms with van der Waals surface area (Å²) in [5.74, 6) is 0. The largest absolute Gasteiger partial charge is 0.0810 e. The smallest absolute Gasteiger partial charge is 0.0230 e. The van der Waals surface area contributed by atoms with Crippen LogP contribution in [0.2, 0.25) is 0 Å². The third-order valence-electron chi connectivity index (χ3n) is 3.81. The third kappa shape index (κ3) is 5.77. The zero-order valence-electron chi connectivity index (χ0n) is 13.7. The van der Waals surface area contributed by atoms with E-state index in [1.54, 1.807) is 0 Å². The molecule has 0 aliphatic rings. The first-order valence-electron chi connectivity index (χ1n) is 8.13. The highest BCUT2D eigenvalue weighted by Crippen LogP contribution is 2.20. The van der Waals surface area contributed by atoms with E-state index in [-0.39, 0.29) is 0 Å². The highest BCUT2D eigenvalue weighted by Gasteiger charge is 1.98. The number of rotatable bonds is 8. The predicted octanol–water partition coefficient (Wildman–Crippen LogP) is 6.87. The van der Waals surface area contributed by atoms with Gasteiger partial charge in [0, 0.05) is 0 Å². The van der Waals surface area contributed by atoms with Gasteiger partial charge in [-0.05, 0) is 49.0 Å². The molecular formula is C20H30. The molecule has 0 aliphatic heterocycles. The number of allylic oxidation sites excluding steroid dienone is 4. The summed E-state index contributed by atoms with van der Waals surface area (Å²) in [4.78, 5) is 0. The van der Waals surface area contributed by atoms with Gasteiger partial charge in [-0.15, -0.1) is 0 Å². The highest BCUT2D eigenvalue weighted by molar-refractivity contribution is 5.68. The molecule has 1 aromatic rings. The molecule has 0 radical (unpaired) electrons. The molecule has 110 valence electrons. The Balaban J connectivity index is 2.68. The van der Waals surface area contributed by atoms with Crippen molar-refractivity contribution in [3.05, 3.63) is 47.5 Å². The highest BCUT2D eigenvalue weighted by atomic mass is 14.0. The predicted molar refractivity (Wildman–Crippen MR) is 92.8 cm³/mol. The van der Waals surface area contributed by atoms with Gasteiger partial charge in [0.25, 0.3) is 0 Å². The van der Waals surface area contributed by atoms with Crippen LogP contribution in [0.5, 0.6) is 0 Å². The van der Waals surface area contributed by atoms with Crippen molar-refractivity contribution in [1.82, 2.24) is 0 Å². The van der Waals surface area contributed by atoms with E-state index in [1.807, 2.05) is 0 Å². The Morgan fingerprint density at radius 2 is 1.10 bits per heavy atom. The van der Waals surface area contributed by atoms with Gasteiger partial charge in [-0.2, -0.15) is 0 Å². The lowest BCUT2D eigenvalue weighted by atomic mass is 10.00. The minimum Gasteiger partial charge on any atom is -0.0810 e. The minimum absolute atomic E-state index is 1.19. The number of hydrogen-bond acceptors (Lipinski definition) is 0. The normalized spacial score (nSPS) is 12.8. The van der Waals surface area contributed by atoms with Gasteiger partial charge in [0.2, 0.25) is 0 Å². The Hall–Kier alpha value is -1.30. The van der Waals surface area contributed by atoms with Gasteiger partial charge in [-0.1, -0.05) is 75.9 Å². The Bertz CT molecular complexity index is 389. The molecule has 0 aliphatic carbocycles. The summed E-state index contributed by atoms with van der Waals surface area (Å²) < 4.78 is 0. The van der Waals surface area contributed by atoms with Gasteiger partial charge in [0.05, 0.1) is 0 Å². The van der Waals surface area contributed by atoms with E-state index in [2.05, 4.69) is 64.1 Å². The third-order valence-corrected chi connectivity index (χ3v) is 3.81. The quantitative estimate of drug-likeness (QED) is 0.452. The van der Waals surface area contributed by atoms with E-state index < -0.39 is 0 Å². The molecule has 0 unspecified atom stereocenters. The van der Waals surface area contributed by atoms with E-state index in [4.69, 9.17) is 0 Å². The molecule has 0 aromatic heterocycles. The molecule has 0 bridgehead atoms. The van der Waals surface area contributed by atoms with Crippen molar-refractivity contribution in [3.63, 3.8) is 0 Å². The fraction of sp³-hybridized carbons (Fsp3) is 0.500. The Morgan fingerprint density at radius 3 is 1.40 bits per heavy atom. The number of unbranched alkanes of at least 4 members (excludes halogenated alkanes) is 4. The molecule has 0 spiro atoms. The van der Waals surface area contributed by atoms with E-state index in [0.29, 0.717) is 0 Å². The fourth-order valence-electron chi connectivity index (χ4n) is 2.28. The van der Waals surface area contributed by atoms with Crippen LogP contribution < -0.4 is 0 Å². The van der Waals surface area contributed by atoms with Crippen LogP contribution in [0.1, 0.15) is 77.3 Å². The van der Waals surface area contributed by atoms with Crippen LogP contribution in [0.15, 0.2) is 36.4 Å². The summed E-state index contributed by atoms with van der Waals surface area (Å²) in [5, 5.41) is 0. The molecule has 0 N–H and O–H groups in total. The van der Waals surface area contributed by atoms with Crippen molar-refractivity contribution in [2.24, 2.45) is 0 Å². The monoisotopic (exact) mass is 270 g/mol. The molecule has 1 aromatic carbocycles. The first-order chi connectivity index (χ1) is 9.69. The Kier molecular flexibility index (Phi) is 8.02. The summed E-state index contributed by atoms with van der Waals surface area (Å²) in [5.41, 5.74) is 5.51. The molecule has 1 rings (SSSR count). The lowest BCUT2D eigenvalue weighted by Gasteiger charge is -2.06. The van der Waals surface area contributed by atoms with Crippen molar-refractivity contribution >= 4 is 11.1 Å². The molecular weight excluding hydrogens is 240 g/mol. The summed E-state index contributed by atoms with van der Waals surface area (Å²) in [7, 11) is 0. The van der Waals surface area contributed by atoms with Gasteiger partial charge in [-0.25, -0.2) is 0 Å². The number of benzene rings is 1. The van der Waals surface area contributed by atoms with Crippen molar-refractivity contribution < 1.29 is 0 Å². The molecule has 0 heterocycles. The van der Waals surface area contributed by atoms with Crippen LogP contribution in [0, 0.1) is 0 Å². The van der Waals surface area contributed by atoms with Crippen molar-refractivity contribution in [1.29, 1.82) is 0 Å². The SMILES string of the molecule is CCCC/C=C(\C)c1ccc(/C(C)=C/CCCC)cc1. The maximum absolute atomic E-state index is 2.36. The zero-order valence-corrected chi connectivity index (χ0v) is 13.7. The first-order valence-corrected chi connectivity index (χ1v) is 8.13. The Morgan fingerprint density at radius 1 is 0.750 bits per heavy atom. The molecule has 0 amide bonds. The van der Waals surface area contributed by atoms with Crippen LogP contribution in [0.25, 0.3) is 11.1 Å². The second-order valence-electron chi connectivity index (χ2n) is 5.64. The molecule has 0 atom stereocenters. The molecule has 20 heavy (non-hydrogen) atoms. The molecule has 0 nitrogen and oxygen atoms in total. The van der Waals surface area contributed by atoms with E-state index in [1.165, 1.54) is 60.8 Å². The van der Waals surface area contributed by atoms with Crippen molar-refractivity contribution in [3.8, 4) is 0 Å². The summed E-state index contributed by atoms with van der Waals surface area (Å²) >= 11 is 0. The van der Waals surface area contributed by atoms with E-state index >= 15 is 0 Å². The van der Waals surface area contributed by atoms with Gasteiger partial charge in [-0.3, -0.25) is 0 Å². The van der Waals surface area contributed by atoms with Gasteiger partial charge in [0.15, 0.2) is 0 Å². The number of hydrogen-bond donors (Lipinski definition) is 0. The lowest BCUT2D eigenvalue weighted by molar-refractivity contribution is 0.815. The fourth-order valence-corrected chi connectivity index (χ4v) is 2.28. The molecule has 0 fully saturated rings. The van der Waals surface area contributed by atoms with Gasteiger partial charge < -0.3 is 0 Å². The average molecular weight is 270 g/mol. The van der Waals surface area contributed by atoms with E-state index in [9.17, 15) is 0 Å². The first kappa shape index (κ1) is 16.8. The zero-order chi connectivity index (χ0) is 14.8. The molecule has 0 saturated carbocycles. The molecule has 0 heteroatoms. The minimum atomic E-state index is 1.19. The van der Waals surface area contributed by atoms with Gasteiger partial charge in [0.1, 0.15) is 0 Å². The lowest BCUT2D eigenvalue weighted by Crippen LogP contribution is -1.84. The average Bonchev–Trinajstić information content (AvgIpc) is 2.47. The van der Waals surface area contributed by atoms with Crippen LogP contribution in [-0.2, 0) is 0 Å². The maximum Gasteiger partial charge on any atom is -0.0230 e. The standard InChI is InChI=1S/C20H30/c1-5-7-9-11-17(3)19-13-15-20(16-14-19)18(4)12-10-8-6-2/h11-16H,5-10H2,1-4H3/b17-11+,18-12+. The summed E-state index contributed by atoms with van der Waals surface area (Å²) in [6, 6.07) is 9.02. The maximum atomic E-state index is 2.36. The molecule has 0 saturated heterocycles.